The molecule has 0 radical (unpaired) electrons. The number of pyridine rings is 1. The number of carbonyl (C=O) groups is 1. The van der Waals surface area contributed by atoms with Crippen LogP contribution in [-0.2, 0) is 6.54 Å². The van der Waals surface area contributed by atoms with E-state index < -0.39 is 0 Å². The standard InChI is InChI=1S/C17H21N3O2/c1-4-18-17(21)14-6-7-15(12(2)9-14)19-10-13-5-8-16(22-3)20-11-13/h5-9,11,19H,4,10H2,1-3H3,(H,18,21). The summed E-state index contributed by atoms with van der Waals surface area (Å²) in [6.07, 6.45) is 1.78. The lowest BCUT2D eigenvalue weighted by atomic mass is 10.1. The Kier molecular flexibility index (Phi) is 5.36. The largest absolute Gasteiger partial charge is 0.481 e. The van der Waals surface area contributed by atoms with Gasteiger partial charge >= 0.3 is 0 Å². The van der Waals surface area contributed by atoms with Crippen LogP contribution in [0.4, 0.5) is 5.69 Å². The third-order valence-electron chi connectivity index (χ3n) is 3.32. The minimum Gasteiger partial charge on any atom is -0.481 e. The van der Waals surface area contributed by atoms with E-state index in [-0.39, 0.29) is 5.91 Å². The van der Waals surface area contributed by atoms with E-state index in [1.54, 1.807) is 13.3 Å². The first-order valence-corrected chi connectivity index (χ1v) is 7.25. The molecule has 5 heteroatoms. The van der Waals surface area contributed by atoms with Gasteiger partial charge in [0.15, 0.2) is 0 Å². The summed E-state index contributed by atoms with van der Waals surface area (Å²) in [5.41, 5.74) is 3.78. The molecule has 0 spiro atoms. The van der Waals surface area contributed by atoms with Gasteiger partial charge in [-0.1, -0.05) is 6.07 Å². The first-order valence-electron chi connectivity index (χ1n) is 7.25. The maximum absolute atomic E-state index is 11.8. The fourth-order valence-corrected chi connectivity index (χ4v) is 2.10. The number of anilines is 1. The van der Waals surface area contributed by atoms with Crippen molar-refractivity contribution in [2.45, 2.75) is 20.4 Å². The number of rotatable bonds is 6. The quantitative estimate of drug-likeness (QED) is 0.861. The van der Waals surface area contributed by atoms with E-state index >= 15 is 0 Å². The summed E-state index contributed by atoms with van der Waals surface area (Å²) < 4.78 is 5.04. The van der Waals surface area contributed by atoms with E-state index in [0.29, 0.717) is 24.5 Å². The second kappa shape index (κ2) is 7.45. The number of amides is 1. The Labute approximate surface area is 130 Å². The molecule has 1 aromatic carbocycles. The Bertz CT molecular complexity index is 639. The molecule has 0 aliphatic heterocycles. The predicted molar refractivity (Wildman–Crippen MR) is 87.3 cm³/mol. The van der Waals surface area contributed by atoms with Gasteiger partial charge in [0.2, 0.25) is 5.88 Å². The third-order valence-corrected chi connectivity index (χ3v) is 3.32. The molecule has 2 N–H and O–H groups in total. The Morgan fingerprint density at radius 1 is 1.27 bits per heavy atom. The van der Waals surface area contributed by atoms with Gasteiger partial charge in [-0.25, -0.2) is 4.98 Å². The molecule has 2 rings (SSSR count). The second-order valence-corrected chi connectivity index (χ2v) is 4.95. The predicted octanol–water partition coefficient (Wildman–Crippen LogP) is 2.76. The molecule has 2 aromatic rings. The van der Waals surface area contributed by atoms with E-state index in [1.165, 1.54) is 0 Å². The lowest BCUT2D eigenvalue weighted by molar-refractivity contribution is 0.0956. The summed E-state index contributed by atoms with van der Waals surface area (Å²) in [6.45, 7) is 5.18. The van der Waals surface area contributed by atoms with Crippen LogP contribution in [0.5, 0.6) is 5.88 Å². The van der Waals surface area contributed by atoms with E-state index in [4.69, 9.17) is 4.74 Å². The Morgan fingerprint density at radius 3 is 2.68 bits per heavy atom. The van der Waals surface area contributed by atoms with Crippen LogP contribution < -0.4 is 15.4 Å². The molecule has 0 saturated carbocycles. The first-order chi connectivity index (χ1) is 10.6. The summed E-state index contributed by atoms with van der Waals surface area (Å²) in [6, 6.07) is 9.45. The van der Waals surface area contributed by atoms with E-state index in [9.17, 15) is 4.79 Å². The molecule has 0 aliphatic rings. The number of hydrogen-bond donors (Lipinski definition) is 2. The number of nitrogens with one attached hydrogen (secondary N) is 2. The number of aromatic nitrogens is 1. The molecule has 116 valence electrons. The van der Waals surface area contributed by atoms with Gasteiger partial charge in [0, 0.05) is 36.6 Å². The number of benzene rings is 1. The summed E-state index contributed by atoms with van der Waals surface area (Å²) in [7, 11) is 1.60. The van der Waals surface area contributed by atoms with Crippen molar-refractivity contribution < 1.29 is 9.53 Å². The number of methoxy groups -OCH3 is 1. The highest BCUT2D eigenvalue weighted by Crippen LogP contribution is 2.18. The number of nitrogens with zero attached hydrogens (tertiary/aromatic N) is 1. The summed E-state index contributed by atoms with van der Waals surface area (Å²) in [4.78, 5) is 16.0. The molecule has 1 amide bonds. The van der Waals surface area contributed by atoms with Crippen LogP contribution in [0.2, 0.25) is 0 Å². The monoisotopic (exact) mass is 299 g/mol. The number of hydrogen-bond acceptors (Lipinski definition) is 4. The van der Waals surface area contributed by atoms with Crippen LogP contribution in [0, 0.1) is 6.92 Å². The number of carbonyl (C=O) groups excluding carboxylic acids is 1. The van der Waals surface area contributed by atoms with Gasteiger partial charge in [0.1, 0.15) is 0 Å². The molecule has 0 unspecified atom stereocenters. The van der Waals surface area contributed by atoms with E-state index in [1.807, 2.05) is 44.2 Å². The third kappa shape index (κ3) is 3.97. The minimum atomic E-state index is -0.0449. The van der Waals surface area contributed by atoms with Crippen molar-refractivity contribution in [1.82, 2.24) is 10.3 Å². The van der Waals surface area contributed by atoms with Crippen LogP contribution in [0.25, 0.3) is 0 Å². The van der Waals surface area contributed by atoms with Crippen LogP contribution in [0.15, 0.2) is 36.5 Å². The molecule has 5 nitrogen and oxygen atoms in total. The highest BCUT2D eigenvalue weighted by atomic mass is 16.5. The molecule has 0 atom stereocenters. The Hall–Kier alpha value is -2.56. The Balaban J connectivity index is 2.02. The second-order valence-electron chi connectivity index (χ2n) is 4.95. The van der Waals surface area contributed by atoms with Gasteiger partial charge in [0.05, 0.1) is 7.11 Å². The zero-order chi connectivity index (χ0) is 15.9. The lowest BCUT2D eigenvalue weighted by Gasteiger charge is -2.11. The van der Waals surface area contributed by atoms with E-state index in [2.05, 4.69) is 15.6 Å². The minimum absolute atomic E-state index is 0.0449. The van der Waals surface area contributed by atoms with Crippen molar-refractivity contribution >= 4 is 11.6 Å². The normalized spacial score (nSPS) is 10.1. The highest BCUT2D eigenvalue weighted by molar-refractivity contribution is 5.94. The SMILES string of the molecule is CCNC(=O)c1ccc(NCc2ccc(OC)nc2)c(C)c1. The van der Waals surface area contributed by atoms with Crippen LogP contribution >= 0.6 is 0 Å². The van der Waals surface area contributed by atoms with Gasteiger partial charge in [-0.05, 0) is 43.2 Å². The first kappa shape index (κ1) is 15.8. The van der Waals surface area contributed by atoms with Crippen molar-refractivity contribution in [2.24, 2.45) is 0 Å². The Morgan fingerprint density at radius 2 is 2.09 bits per heavy atom. The summed E-state index contributed by atoms with van der Waals surface area (Å²) in [5.74, 6) is 0.558. The van der Waals surface area contributed by atoms with Crippen LogP contribution in [0.1, 0.15) is 28.4 Å². The van der Waals surface area contributed by atoms with Gasteiger partial charge < -0.3 is 15.4 Å². The molecule has 0 saturated heterocycles. The van der Waals surface area contributed by atoms with Gasteiger partial charge in [-0.3, -0.25) is 4.79 Å². The average Bonchev–Trinajstić information content (AvgIpc) is 2.54. The molecular formula is C17H21N3O2. The van der Waals surface area contributed by atoms with Crippen LogP contribution in [-0.4, -0.2) is 24.5 Å². The zero-order valence-corrected chi connectivity index (χ0v) is 13.1. The van der Waals surface area contributed by atoms with Crippen molar-refractivity contribution in [2.75, 3.05) is 19.0 Å². The van der Waals surface area contributed by atoms with Crippen molar-refractivity contribution in [3.63, 3.8) is 0 Å². The molecule has 0 bridgehead atoms. The molecule has 22 heavy (non-hydrogen) atoms. The fourth-order valence-electron chi connectivity index (χ4n) is 2.10. The highest BCUT2D eigenvalue weighted by Gasteiger charge is 2.06. The lowest BCUT2D eigenvalue weighted by Crippen LogP contribution is -2.22. The average molecular weight is 299 g/mol. The maximum Gasteiger partial charge on any atom is 0.251 e. The molecule has 1 heterocycles. The van der Waals surface area contributed by atoms with Gasteiger partial charge in [-0.15, -0.1) is 0 Å². The van der Waals surface area contributed by atoms with Gasteiger partial charge in [0.25, 0.3) is 5.91 Å². The zero-order valence-electron chi connectivity index (χ0n) is 13.1. The number of aryl methyl sites for hydroxylation is 1. The maximum atomic E-state index is 11.8. The van der Waals surface area contributed by atoms with Crippen molar-refractivity contribution in [3.8, 4) is 5.88 Å². The molecular weight excluding hydrogens is 278 g/mol. The fraction of sp³-hybridized carbons (Fsp3) is 0.294. The topological polar surface area (TPSA) is 63.2 Å². The number of ether oxygens (including phenoxy) is 1. The van der Waals surface area contributed by atoms with Crippen molar-refractivity contribution in [1.29, 1.82) is 0 Å². The molecule has 1 aromatic heterocycles. The summed E-state index contributed by atoms with van der Waals surface area (Å²) >= 11 is 0. The summed E-state index contributed by atoms with van der Waals surface area (Å²) in [5, 5.41) is 6.15. The smallest absolute Gasteiger partial charge is 0.251 e. The van der Waals surface area contributed by atoms with Gasteiger partial charge in [-0.2, -0.15) is 0 Å². The van der Waals surface area contributed by atoms with Crippen LogP contribution in [0.3, 0.4) is 0 Å². The van der Waals surface area contributed by atoms with E-state index in [0.717, 1.165) is 16.8 Å². The molecule has 0 aliphatic carbocycles. The van der Waals surface area contributed by atoms with Crippen molar-refractivity contribution in [3.05, 3.63) is 53.2 Å². The molecule has 0 fully saturated rings.